The van der Waals surface area contributed by atoms with Crippen LogP contribution in [-0.4, -0.2) is 18.8 Å². The summed E-state index contributed by atoms with van der Waals surface area (Å²) in [6, 6.07) is 8.11. The number of halogens is 1. The summed E-state index contributed by atoms with van der Waals surface area (Å²) in [5.41, 5.74) is 1.48. The molecule has 0 amide bonds. The zero-order chi connectivity index (χ0) is 16.4. The second-order valence-electron chi connectivity index (χ2n) is 4.79. The van der Waals surface area contributed by atoms with Gasteiger partial charge in [0.2, 0.25) is 6.79 Å². The van der Waals surface area contributed by atoms with Crippen LogP contribution in [0.1, 0.15) is 5.56 Å². The first-order valence-corrected chi connectivity index (χ1v) is 7.52. The number of anilines is 1. The van der Waals surface area contributed by atoms with Crippen molar-refractivity contribution in [2.45, 2.75) is 6.54 Å². The molecule has 0 saturated heterocycles. The average molecular weight is 381 g/mol. The van der Waals surface area contributed by atoms with Crippen LogP contribution in [0.4, 0.5) is 11.4 Å². The topological polar surface area (TPSA) is 82.9 Å². The predicted molar refractivity (Wildman–Crippen MR) is 87.2 cm³/mol. The fraction of sp³-hybridized carbons (Fsp3) is 0.200. The fourth-order valence-electron chi connectivity index (χ4n) is 2.23. The van der Waals surface area contributed by atoms with Crippen LogP contribution in [0.15, 0.2) is 34.8 Å². The Hall–Kier alpha value is -2.48. The Morgan fingerprint density at radius 1 is 1.30 bits per heavy atom. The highest BCUT2D eigenvalue weighted by Crippen LogP contribution is 2.37. The molecule has 1 aliphatic heterocycles. The van der Waals surface area contributed by atoms with Crippen molar-refractivity contribution in [2.75, 3.05) is 19.2 Å². The van der Waals surface area contributed by atoms with E-state index in [0.717, 1.165) is 10.0 Å². The van der Waals surface area contributed by atoms with Crippen molar-refractivity contribution in [3.05, 3.63) is 50.5 Å². The van der Waals surface area contributed by atoms with Gasteiger partial charge < -0.3 is 19.5 Å². The second kappa shape index (κ2) is 6.33. The number of fused-ring (bicyclic) bond motifs is 1. The monoisotopic (exact) mass is 380 g/mol. The number of nitrogens with one attached hydrogen (secondary N) is 1. The van der Waals surface area contributed by atoms with Crippen LogP contribution in [0, 0.1) is 10.1 Å². The van der Waals surface area contributed by atoms with Crippen molar-refractivity contribution >= 4 is 27.3 Å². The van der Waals surface area contributed by atoms with Crippen LogP contribution in [0.5, 0.6) is 17.2 Å². The molecule has 0 radical (unpaired) electrons. The zero-order valence-electron chi connectivity index (χ0n) is 12.2. The third kappa shape index (κ3) is 3.16. The van der Waals surface area contributed by atoms with Crippen LogP contribution < -0.4 is 19.5 Å². The molecule has 0 aromatic heterocycles. The minimum Gasteiger partial charge on any atom is -0.495 e. The maximum atomic E-state index is 10.9. The van der Waals surface area contributed by atoms with E-state index in [1.165, 1.54) is 19.2 Å². The van der Waals surface area contributed by atoms with E-state index in [0.29, 0.717) is 29.5 Å². The van der Waals surface area contributed by atoms with E-state index in [1.807, 2.05) is 12.1 Å². The number of nitro benzene ring substituents is 1. The highest BCUT2D eigenvalue weighted by Gasteiger charge is 2.17. The lowest BCUT2D eigenvalue weighted by atomic mass is 10.2. The molecule has 3 rings (SSSR count). The lowest BCUT2D eigenvalue weighted by Crippen LogP contribution is -2.03. The first-order chi connectivity index (χ1) is 11.1. The highest BCUT2D eigenvalue weighted by molar-refractivity contribution is 9.10. The van der Waals surface area contributed by atoms with Crippen molar-refractivity contribution in [2.24, 2.45) is 0 Å². The molecule has 0 saturated carbocycles. The largest absolute Gasteiger partial charge is 0.495 e. The molecule has 2 aromatic rings. The van der Waals surface area contributed by atoms with Crippen LogP contribution in [-0.2, 0) is 6.54 Å². The van der Waals surface area contributed by atoms with Gasteiger partial charge in [0.1, 0.15) is 5.75 Å². The molecule has 1 aliphatic rings. The quantitative estimate of drug-likeness (QED) is 0.628. The Bertz CT molecular complexity index is 766. The number of benzene rings is 2. The lowest BCUT2D eigenvalue weighted by Gasteiger charge is -2.12. The number of hydrogen-bond acceptors (Lipinski definition) is 6. The number of hydrogen-bond donors (Lipinski definition) is 1. The van der Waals surface area contributed by atoms with E-state index >= 15 is 0 Å². The number of rotatable bonds is 5. The molecule has 0 fully saturated rings. The van der Waals surface area contributed by atoms with Gasteiger partial charge in [-0.25, -0.2) is 0 Å². The molecule has 7 nitrogen and oxygen atoms in total. The molecular formula is C15H13BrN2O5. The van der Waals surface area contributed by atoms with Gasteiger partial charge in [0.25, 0.3) is 5.69 Å². The van der Waals surface area contributed by atoms with Crippen molar-refractivity contribution in [1.29, 1.82) is 0 Å². The van der Waals surface area contributed by atoms with E-state index < -0.39 is 4.92 Å². The summed E-state index contributed by atoms with van der Waals surface area (Å²) in [4.78, 5) is 10.5. The summed E-state index contributed by atoms with van der Waals surface area (Å²) in [5.74, 6) is 1.90. The fourth-order valence-corrected chi connectivity index (χ4v) is 2.70. The van der Waals surface area contributed by atoms with E-state index in [9.17, 15) is 10.1 Å². The molecular weight excluding hydrogens is 368 g/mol. The summed E-state index contributed by atoms with van der Waals surface area (Å²) in [7, 11) is 1.52. The van der Waals surface area contributed by atoms with Crippen molar-refractivity contribution in [1.82, 2.24) is 0 Å². The van der Waals surface area contributed by atoms with E-state index in [4.69, 9.17) is 14.2 Å². The maximum absolute atomic E-state index is 10.9. The smallest absolute Gasteiger partial charge is 0.271 e. The van der Waals surface area contributed by atoms with Crippen LogP contribution in [0.25, 0.3) is 0 Å². The standard InChI is InChI=1S/C15H13BrN2O5/c1-21-13-3-2-10(18(19)20)5-12(13)17-7-9-4-14-15(6-11(9)16)23-8-22-14/h2-6,17H,7-8H2,1H3. The molecule has 1 N–H and O–H groups in total. The SMILES string of the molecule is COc1ccc([N+](=O)[O-])cc1NCc1cc2c(cc1Br)OCO2. The van der Waals surface area contributed by atoms with Crippen molar-refractivity contribution < 1.29 is 19.1 Å². The van der Waals surface area contributed by atoms with Gasteiger partial charge in [0, 0.05) is 23.2 Å². The predicted octanol–water partition coefficient (Wildman–Crippen LogP) is 3.71. The molecule has 0 bridgehead atoms. The van der Waals surface area contributed by atoms with Crippen LogP contribution in [0.2, 0.25) is 0 Å². The number of ether oxygens (including phenoxy) is 3. The zero-order valence-corrected chi connectivity index (χ0v) is 13.8. The Balaban J connectivity index is 1.83. The van der Waals surface area contributed by atoms with Gasteiger partial charge in [0.15, 0.2) is 11.5 Å². The first-order valence-electron chi connectivity index (χ1n) is 6.73. The molecule has 2 aromatic carbocycles. The Morgan fingerprint density at radius 3 is 2.74 bits per heavy atom. The summed E-state index contributed by atoms with van der Waals surface area (Å²) in [6.07, 6.45) is 0. The van der Waals surface area contributed by atoms with Crippen molar-refractivity contribution in [3.63, 3.8) is 0 Å². The minimum absolute atomic E-state index is 0.00180. The highest BCUT2D eigenvalue weighted by atomic mass is 79.9. The maximum Gasteiger partial charge on any atom is 0.271 e. The summed E-state index contributed by atoms with van der Waals surface area (Å²) < 4.78 is 16.8. The summed E-state index contributed by atoms with van der Waals surface area (Å²) in [6.45, 7) is 0.645. The third-order valence-electron chi connectivity index (χ3n) is 3.40. The molecule has 1 heterocycles. The van der Waals surface area contributed by atoms with E-state index in [2.05, 4.69) is 21.2 Å². The van der Waals surface area contributed by atoms with Gasteiger partial charge in [-0.2, -0.15) is 0 Å². The number of nitro groups is 1. The third-order valence-corrected chi connectivity index (χ3v) is 4.14. The Kier molecular flexibility index (Phi) is 4.24. The van der Waals surface area contributed by atoms with Gasteiger partial charge in [0.05, 0.1) is 17.7 Å². The molecule has 23 heavy (non-hydrogen) atoms. The minimum atomic E-state index is -0.443. The Morgan fingerprint density at radius 2 is 2.04 bits per heavy atom. The van der Waals surface area contributed by atoms with Gasteiger partial charge in [-0.1, -0.05) is 15.9 Å². The molecule has 120 valence electrons. The lowest BCUT2D eigenvalue weighted by molar-refractivity contribution is -0.384. The Labute approximate surface area is 140 Å². The summed E-state index contributed by atoms with van der Waals surface area (Å²) >= 11 is 3.48. The first kappa shape index (κ1) is 15.4. The van der Waals surface area contributed by atoms with E-state index in [-0.39, 0.29) is 12.5 Å². The second-order valence-corrected chi connectivity index (χ2v) is 5.65. The normalized spacial score (nSPS) is 12.1. The van der Waals surface area contributed by atoms with Crippen molar-refractivity contribution in [3.8, 4) is 17.2 Å². The summed E-state index contributed by atoms with van der Waals surface area (Å²) in [5, 5.41) is 14.1. The van der Waals surface area contributed by atoms with Crippen LogP contribution >= 0.6 is 15.9 Å². The molecule has 0 atom stereocenters. The van der Waals surface area contributed by atoms with Gasteiger partial charge >= 0.3 is 0 Å². The molecule has 0 spiro atoms. The molecule has 0 unspecified atom stereocenters. The number of methoxy groups -OCH3 is 1. The van der Waals surface area contributed by atoms with Crippen LogP contribution in [0.3, 0.4) is 0 Å². The molecule has 8 heteroatoms. The number of nitrogens with zero attached hydrogens (tertiary/aromatic N) is 1. The van der Waals surface area contributed by atoms with Gasteiger partial charge in [-0.3, -0.25) is 10.1 Å². The van der Waals surface area contributed by atoms with E-state index in [1.54, 1.807) is 6.07 Å². The molecule has 0 aliphatic carbocycles. The van der Waals surface area contributed by atoms with Gasteiger partial charge in [-0.15, -0.1) is 0 Å². The van der Waals surface area contributed by atoms with Gasteiger partial charge in [-0.05, 0) is 23.8 Å². The number of non-ortho nitro benzene ring substituents is 1. The average Bonchev–Trinajstić information content (AvgIpc) is 2.99.